The highest BCUT2D eigenvalue weighted by Crippen LogP contribution is 2.43. The van der Waals surface area contributed by atoms with Crippen LogP contribution in [0.25, 0.3) is 77.6 Å². The van der Waals surface area contributed by atoms with Crippen LogP contribution in [0.1, 0.15) is 43.6 Å². The second kappa shape index (κ2) is 9.50. The Balaban J connectivity index is 1.27. The van der Waals surface area contributed by atoms with E-state index in [4.69, 9.17) is 14.4 Å². The first-order valence-electron chi connectivity index (χ1n) is 15.9. The molecule has 1 aliphatic carbocycles. The Hall–Kier alpha value is -5.49. The van der Waals surface area contributed by atoms with Crippen molar-refractivity contribution >= 4 is 60.7 Å². The van der Waals surface area contributed by atoms with Gasteiger partial charge in [0.05, 0.1) is 44.4 Å². The molecule has 0 spiro atoms. The molecule has 0 unspecified atom stereocenters. The van der Waals surface area contributed by atoms with Crippen LogP contribution in [0.5, 0.6) is 0 Å². The van der Waals surface area contributed by atoms with Gasteiger partial charge in [0, 0.05) is 16.3 Å². The zero-order valence-corrected chi connectivity index (χ0v) is 24.6. The highest BCUT2D eigenvalue weighted by molar-refractivity contribution is 6.13. The van der Waals surface area contributed by atoms with Gasteiger partial charge in [-0.2, -0.15) is 0 Å². The first-order valence-corrected chi connectivity index (χ1v) is 15.9. The van der Waals surface area contributed by atoms with Gasteiger partial charge in [0.2, 0.25) is 5.71 Å². The van der Waals surface area contributed by atoms with E-state index in [2.05, 4.69) is 111 Å². The maximum atomic E-state index is 6.58. The molecule has 5 heterocycles. The van der Waals surface area contributed by atoms with Crippen molar-refractivity contribution in [1.29, 1.82) is 0 Å². The van der Waals surface area contributed by atoms with Crippen LogP contribution in [0.15, 0.2) is 114 Å². The topological polar surface area (TPSA) is 61.2 Å². The second-order valence-electron chi connectivity index (χ2n) is 12.3. The lowest BCUT2D eigenvalue weighted by Gasteiger charge is -2.21. The third-order valence-electron chi connectivity index (χ3n) is 9.86. The Morgan fingerprint density at radius 2 is 1.47 bits per heavy atom. The van der Waals surface area contributed by atoms with Crippen LogP contribution < -0.4 is 0 Å². The van der Waals surface area contributed by atoms with Gasteiger partial charge in [-0.3, -0.25) is 4.40 Å². The number of fused-ring (bicyclic) bond motifs is 10. The molecule has 1 saturated carbocycles. The van der Waals surface area contributed by atoms with Gasteiger partial charge in [0.1, 0.15) is 17.6 Å². The number of hydrogen-bond donors (Lipinski definition) is 0. The van der Waals surface area contributed by atoms with Gasteiger partial charge in [-0.25, -0.2) is 15.0 Å². The van der Waals surface area contributed by atoms with Gasteiger partial charge >= 0.3 is 0 Å². The molecule has 0 atom stereocenters. The molecule has 10 rings (SSSR count). The lowest BCUT2D eigenvalue weighted by molar-refractivity contribution is 0.442. The first-order chi connectivity index (χ1) is 22.3. The van der Waals surface area contributed by atoms with Crippen molar-refractivity contribution in [2.24, 2.45) is 0 Å². The molecule has 1 fully saturated rings. The van der Waals surface area contributed by atoms with Crippen LogP contribution in [0.4, 0.5) is 0 Å². The minimum absolute atomic E-state index is 0.528. The largest absolute Gasteiger partial charge is 0.437 e. The maximum absolute atomic E-state index is 6.58. The van der Waals surface area contributed by atoms with Gasteiger partial charge in [-0.1, -0.05) is 86.0 Å². The van der Waals surface area contributed by atoms with E-state index in [9.17, 15) is 0 Å². The third-order valence-corrected chi connectivity index (χ3v) is 9.86. The summed E-state index contributed by atoms with van der Waals surface area (Å²) in [4.78, 5) is 14.5. The van der Waals surface area contributed by atoms with Crippen molar-refractivity contribution in [1.82, 2.24) is 23.9 Å². The third kappa shape index (κ3) is 3.53. The van der Waals surface area contributed by atoms with Crippen LogP contribution >= 0.6 is 0 Å². The summed E-state index contributed by atoms with van der Waals surface area (Å²) in [7, 11) is 0. The van der Waals surface area contributed by atoms with Crippen LogP contribution in [-0.4, -0.2) is 23.9 Å². The Labute approximate surface area is 258 Å². The summed E-state index contributed by atoms with van der Waals surface area (Å²) < 4.78 is 11.3. The quantitative estimate of drug-likeness (QED) is 0.208. The molecule has 0 radical (unpaired) electrons. The number of aromatic nitrogens is 5. The first kappa shape index (κ1) is 24.9. The number of benzene rings is 4. The molecular weight excluding hydrogens is 554 g/mol. The van der Waals surface area contributed by atoms with Crippen LogP contribution in [0.3, 0.4) is 0 Å². The number of para-hydroxylation sites is 5. The SMILES string of the molecule is c1ccc(-n2c3ccccc3c3c2ccc2nc4ccccc4n23)c(-c2ncnc3oc4c(C5CCCCC5)cccc4c23)c1. The van der Waals surface area contributed by atoms with Crippen LogP contribution in [-0.2, 0) is 0 Å². The summed E-state index contributed by atoms with van der Waals surface area (Å²) >= 11 is 0. The lowest BCUT2D eigenvalue weighted by atomic mass is 9.83. The second-order valence-corrected chi connectivity index (χ2v) is 12.3. The Bertz CT molecular complexity index is 2600. The fraction of sp³-hybridized carbons (Fsp3) is 0.154. The number of rotatable bonds is 3. The van der Waals surface area contributed by atoms with E-state index in [1.807, 2.05) is 6.07 Å². The summed E-state index contributed by atoms with van der Waals surface area (Å²) in [5.41, 5.74) is 12.3. The monoisotopic (exact) mass is 583 g/mol. The standard InChI is InChI=1S/C39H29N5O/c1-2-11-24(12-3-1)25-15-10-16-28-35-36(40-23-41-39(35)45-38(25)28)26-13-4-7-18-30(26)43-31-19-8-5-14-27(31)37-33(43)21-22-34-42-29-17-6-9-20-32(29)44(34)37/h4-10,13-24H,1-3,11-12H2. The van der Waals surface area contributed by atoms with Crippen molar-refractivity contribution in [2.75, 3.05) is 0 Å². The number of furan rings is 1. The van der Waals surface area contributed by atoms with E-state index in [1.165, 1.54) is 43.1 Å². The van der Waals surface area contributed by atoms with Gasteiger partial charge < -0.3 is 8.98 Å². The van der Waals surface area contributed by atoms with Crippen molar-refractivity contribution in [3.63, 3.8) is 0 Å². The molecule has 0 bridgehead atoms. The lowest BCUT2D eigenvalue weighted by Crippen LogP contribution is -2.04. The van der Waals surface area contributed by atoms with E-state index in [1.54, 1.807) is 6.33 Å². The predicted octanol–water partition coefficient (Wildman–Crippen LogP) is 9.99. The average Bonchev–Trinajstić information content (AvgIpc) is 3.78. The fourth-order valence-electron chi connectivity index (χ4n) is 7.90. The molecule has 0 N–H and O–H groups in total. The van der Waals surface area contributed by atoms with Crippen LogP contribution in [0, 0.1) is 0 Å². The summed E-state index contributed by atoms with van der Waals surface area (Å²) in [6.07, 6.45) is 7.95. The average molecular weight is 584 g/mol. The molecule has 0 amide bonds. The van der Waals surface area contributed by atoms with E-state index >= 15 is 0 Å². The van der Waals surface area contributed by atoms with E-state index in [-0.39, 0.29) is 0 Å². The summed E-state index contributed by atoms with van der Waals surface area (Å²) in [5.74, 6) is 0.528. The minimum Gasteiger partial charge on any atom is -0.437 e. The molecule has 5 aromatic heterocycles. The summed E-state index contributed by atoms with van der Waals surface area (Å²) in [6, 6.07) is 36.5. The Morgan fingerprint density at radius 1 is 0.667 bits per heavy atom. The maximum Gasteiger partial charge on any atom is 0.231 e. The molecule has 45 heavy (non-hydrogen) atoms. The van der Waals surface area contributed by atoms with Gasteiger partial charge in [0.25, 0.3) is 0 Å². The normalized spacial score (nSPS) is 14.6. The van der Waals surface area contributed by atoms with E-state index in [0.717, 1.165) is 66.5 Å². The zero-order chi connectivity index (χ0) is 29.5. The highest BCUT2D eigenvalue weighted by Gasteiger charge is 2.25. The van der Waals surface area contributed by atoms with Crippen molar-refractivity contribution in [3.05, 3.63) is 115 Å². The molecule has 0 saturated heterocycles. The number of imidazole rings is 1. The smallest absolute Gasteiger partial charge is 0.231 e. The predicted molar refractivity (Wildman–Crippen MR) is 181 cm³/mol. The fourth-order valence-corrected chi connectivity index (χ4v) is 7.90. The van der Waals surface area contributed by atoms with Gasteiger partial charge in [0.15, 0.2) is 0 Å². The number of pyridine rings is 1. The van der Waals surface area contributed by atoms with Gasteiger partial charge in [-0.15, -0.1) is 0 Å². The number of nitrogens with zero attached hydrogens (tertiary/aromatic N) is 5. The minimum atomic E-state index is 0.528. The summed E-state index contributed by atoms with van der Waals surface area (Å²) in [6.45, 7) is 0. The molecule has 4 aromatic carbocycles. The molecule has 216 valence electrons. The van der Waals surface area contributed by atoms with E-state index < -0.39 is 0 Å². The van der Waals surface area contributed by atoms with Crippen molar-refractivity contribution in [2.45, 2.75) is 38.0 Å². The Kier molecular flexibility index (Phi) is 5.26. The Morgan fingerprint density at radius 3 is 2.40 bits per heavy atom. The zero-order valence-electron chi connectivity index (χ0n) is 24.6. The number of hydrogen-bond acceptors (Lipinski definition) is 4. The van der Waals surface area contributed by atoms with E-state index in [0.29, 0.717) is 11.6 Å². The molecule has 6 heteroatoms. The molecule has 1 aliphatic rings. The molecular formula is C39H29N5O. The van der Waals surface area contributed by atoms with Crippen molar-refractivity contribution < 1.29 is 4.42 Å². The highest BCUT2D eigenvalue weighted by atomic mass is 16.3. The van der Waals surface area contributed by atoms with Crippen molar-refractivity contribution in [3.8, 4) is 16.9 Å². The molecule has 0 aliphatic heterocycles. The summed E-state index contributed by atoms with van der Waals surface area (Å²) in [5, 5.41) is 3.24. The molecule has 9 aromatic rings. The van der Waals surface area contributed by atoms with Crippen LogP contribution in [0.2, 0.25) is 0 Å². The van der Waals surface area contributed by atoms with Gasteiger partial charge in [-0.05, 0) is 60.7 Å². The molecule has 6 nitrogen and oxygen atoms in total.